The lowest BCUT2D eigenvalue weighted by atomic mass is 10.1. The summed E-state index contributed by atoms with van der Waals surface area (Å²) in [4.78, 5) is 41.9. The Labute approximate surface area is 218 Å². The summed E-state index contributed by atoms with van der Waals surface area (Å²) in [6.45, 7) is 1.86. The van der Waals surface area contributed by atoms with Gasteiger partial charge in [0.15, 0.2) is 5.82 Å². The molecule has 0 aliphatic rings. The van der Waals surface area contributed by atoms with Crippen LogP contribution in [0.3, 0.4) is 0 Å². The normalized spacial score (nSPS) is 10.5. The average molecular weight is 586 g/mol. The maximum absolute atomic E-state index is 13.2. The van der Waals surface area contributed by atoms with Gasteiger partial charge in [0.1, 0.15) is 16.9 Å². The molecule has 0 saturated heterocycles. The fraction of sp³-hybridized carbons (Fsp3) is 0.190. The van der Waals surface area contributed by atoms with Crippen molar-refractivity contribution in [2.75, 3.05) is 25.6 Å². The molecule has 1 aromatic carbocycles. The van der Waals surface area contributed by atoms with E-state index in [0.717, 1.165) is 0 Å². The van der Waals surface area contributed by atoms with Crippen LogP contribution in [0.25, 0.3) is 5.82 Å². The fourth-order valence-corrected chi connectivity index (χ4v) is 3.75. The SMILES string of the molecule is COCCOC(=O)NNC(=O)c1cc(Cl)cc(C)c1NC(=O)c1cc(Br)nn1-c1ncccc1Cl. The van der Waals surface area contributed by atoms with Gasteiger partial charge in [0.2, 0.25) is 0 Å². The van der Waals surface area contributed by atoms with Crippen LogP contribution in [-0.2, 0) is 9.47 Å². The Balaban J connectivity index is 1.85. The van der Waals surface area contributed by atoms with E-state index in [0.29, 0.717) is 10.2 Å². The number of halogens is 3. The first-order valence-electron chi connectivity index (χ1n) is 9.91. The van der Waals surface area contributed by atoms with E-state index in [1.807, 2.05) is 0 Å². The molecule has 0 atom stereocenters. The molecule has 0 aliphatic carbocycles. The summed E-state index contributed by atoms with van der Waals surface area (Å²) < 4.78 is 11.2. The molecule has 35 heavy (non-hydrogen) atoms. The highest BCUT2D eigenvalue weighted by Gasteiger charge is 2.22. The Morgan fingerprint density at radius 1 is 1.11 bits per heavy atom. The van der Waals surface area contributed by atoms with Crippen molar-refractivity contribution in [2.24, 2.45) is 0 Å². The number of aromatic nitrogens is 3. The van der Waals surface area contributed by atoms with Crippen LogP contribution >= 0.6 is 39.1 Å². The van der Waals surface area contributed by atoms with Crippen molar-refractivity contribution in [1.82, 2.24) is 25.6 Å². The molecule has 14 heteroatoms. The third kappa shape index (κ3) is 6.69. The van der Waals surface area contributed by atoms with Crippen molar-refractivity contribution < 1.29 is 23.9 Å². The molecule has 3 amide bonds. The van der Waals surface area contributed by atoms with Gasteiger partial charge in [-0.3, -0.25) is 15.0 Å². The first-order valence-corrected chi connectivity index (χ1v) is 11.5. The molecule has 3 N–H and O–H groups in total. The van der Waals surface area contributed by atoms with Gasteiger partial charge in [-0.25, -0.2) is 19.9 Å². The lowest BCUT2D eigenvalue weighted by molar-refractivity contribution is 0.0849. The number of ether oxygens (including phenoxy) is 2. The second-order valence-electron chi connectivity index (χ2n) is 6.88. The van der Waals surface area contributed by atoms with Crippen molar-refractivity contribution in [3.63, 3.8) is 0 Å². The van der Waals surface area contributed by atoms with E-state index in [1.54, 1.807) is 25.1 Å². The zero-order valence-corrected chi connectivity index (χ0v) is 21.5. The van der Waals surface area contributed by atoms with Crippen molar-refractivity contribution in [3.05, 3.63) is 68.0 Å². The van der Waals surface area contributed by atoms with Crippen molar-refractivity contribution in [1.29, 1.82) is 0 Å². The molecule has 3 rings (SSSR count). The Bertz CT molecular complexity index is 1270. The first-order chi connectivity index (χ1) is 16.7. The molecule has 2 aromatic heterocycles. The lowest BCUT2D eigenvalue weighted by Gasteiger charge is -2.15. The second-order valence-corrected chi connectivity index (χ2v) is 8.54. The molecule has 2 heterocycles. The van der Waals surface area contributed by atoms with Crippen molar-refractivity contribution in [3.8, 4) is 5.82 Å². The van der Waals surface area contributed by atoms with Crippen LogP contribution < -0.4 is 16.2 Å². The number of nitrogens with one attached hydrogen (secondary N) is 3. The van der Waals surface area contributed by atoms with Crippen LogP contribution in [0, 0.1) is 6.92 Å². The van der Waals surface area contributed by atoms with Gasteiger partial charge in [0.25, 0.3) is 11.8 Å². The maximum atomic E-state index is 13.2. The molecule has 0 bridgehead atoms. The molecule has 0 unspecified atom stereocenters. The summed E-state index contributed by atoms with van der Waals surface area (Å²) in [6, 6.07) is 7.65. The fourth-order valence-electron chi connectivity index (χ4n) is 2.90. The molecular weight excluding hydrogens is 567 g/mol. The molecule has 0 saturated carbocycles. The summed E-state index contributed by atoms with van der Waals surface area (Å²) in [5, 5.41) is 7.47. The second kappa shape index (κ2) is 12.0. The molecule has 0 radical (unpaired) electrons. The Morgan fingerprint density at radius 2 is 1.89 bits per heavy atom. The maximum Gasteiger partial charge on any atom is 0.426 e. The summed E-state index contributed by atoms with van der Waals surface area (Å²) in [7, 11) is 1.46. The molecular formula is C21H19BrCl2N6O5. The molecule has 184 valence electrons. The average Bonchev–Trinajstić information content (AvgIpc) is 3.21. The van der Waals surface area contributed by atoms with Gasteiger partial charge in [0.05, 0.1) is 22.9 Å². The molecule has 0 aliphatic heterocycles. The highest BCUT2D eigenvalue weighted by Crippen LogP contribution is 2.27. The predicted octanol–water partition coefficient (Wildman–Crippen LogP) is 3.91. The predicted molar refractivity (Wildman–Crippen MR) is 132 cm³/mol. The van der Waals surface area contributed by atoms with E-state index in [-0.39, 0.29) is 46.0 Å². The van der Waals surface area contributed by atoms with Gasteiger partial charge in [-0.2, -0.15) is 5.10 Å². The number of anilines is 1. The van der Waals surface area contributed by atoms with Crippen LogP contribution in [0.4, 0.5) is 10.5 Å². The van der Waals surface area contributed by atoms with E-state index >= 15 is 0 Å². The number of nitrogens with zero attached hydrogens (tertiary/aromatic N) is 3. The van der Waals surface area contributed by atoms with Crippen LogP contribution in [0.1, 0.15) is 26.4 Å². The number of rotatable bonds is 7. The summed E-state index contributed by atoms with van der Waals surface area (Å²) in [5.74, 6) is -1.10. The number of methoxy groups -OCH3 is 1. The van der Waals surface area contributed by atoms with Gasteiger partial charge in [-0.15, -0.1) is 0 Å². The van der Waals surface area contributed by atoms with Gasteiger partial charge in [-0.1, -0.05) is 23.2 Å². The third-order valence-corrected chi connectivity index (χ3v) is 5.33. The van der Waals surface area contributed by atoms with Crippen LogP contribution in [0.5, 0.6) is 0 Å². The number of amides is 3. The Hall–Kier alpha value is -3.19. The smallest absolute Gasteiger partial charge is 0.426 e. The Kier molecular flexibility index (Phi) is 9.04. The van der Waals surface area contributed by atoms with Crippen LogP contribution in [0.15, 0.2) is 41.1 Å². The van der Waals surface area contributed by atoms with Gasteiger partial charge >= 0.3 is 6.09 Å². The monoisotopic (exact) mass is 584 g/mol. The highest BCUT2D eigenvalue weighted by atomic mass is 79.9. The van der Waals surface area contributed by atoms with Gasteiger partial charge in [0, 0.05) is 24.4 Å². The zero-order valence-electron chi connectivity index (χ0n) is 18.4. The summed E-state index contributed by atoms with van der Waals surface area (Å²) in [6.07, 6.45) is 0.623. The number of aryl methyl sites for hydroxylation is 1. The minimum absolute atomic E-state index is 0.000680. The van der Waals surface area contributed by atoms with Gasteiger partial charge < -0.3 is 14.8 Å². The van der Waals surface area contributed by atoms with Gasteiger partial charge in [-0.05, 0) is 52.7 Å². The number of hydrogen-bond acceptors (Lipinski definition) is 7. The topological polar surface area (TPSA) is 136 Å². The number of carbonyl (C=O) groups excluding carboxylic acids is 3. The van der Waals surface area contributed by atoms with E-state index < -0.39 is 17.9 Å². The third-order valence-electron chi connectivity index (χ3n) is 4.43. The van der Waals surface area contributed by atoms with Crippen LogP contribution in [-0.4, -0.2) is 53.0 Å². The molecule has 0 spiro atoms. The highest BCUT2D eigenvalue weighted by molar-refractivity contribution is 9.10. The van der Waals surface area contributed by atoms with E-state index in [9.17, 15) is 14.4 Å². The first kappa shape index (κ1) is 26.4. The van der Waals surface area contributed by atoms with E-state index in [2.05, 4.69) is 42.2 Å². The quantitative estimate of drug-likeness (QED) is 0.282. The molecule has 0 fully saturated rings. The standard InChI is InChI=1S/C21H19BrCl2N6O5/c1-11-8-12(23)9-13(19(31)27-28-21(33)35-7-6-34-2)17(11)26-20(32)15-10-16(22)29-30(15)18-14(24)4-3-5-25-18/h3-5,8-10H,6-7H2,1-2H3,(H,26,32)(H,27,31)(H,28,33). The minimum atomic E-state index is -0.888. The molecule has 3 aromatic rings. The van der Waals surface area contributed by atoms with Crippen molar-refractivity contribution >= 4 is 62.7 Å². The van der Waals surface area contributed by atoms with Crippen molar-refractivity contribution in [2.45, 2.75) is 6.92 Å². The zero-order chi connectivity index (χ0) is 25.5. The van der Waals surface area contributed by atoms with E-state index in [4.69, 9.17) is 32.7 Å². The number of hydrazine groups is 1. The Morgan fingerprint density at radius 3 is 2.60 bits per heavy atom. The minimum Gasteiger partial charge on any atom is -0.446 e. The number of benzene rings is 1. The number of hydrogen-bond donors (Lipinski definition) is 3. The number of pyridine rings is 1. The summed E-state index contributed by atoms with van der Waals surface area (Å²) in [5.41, 5.74) is 5.10. The summed E-state index contributed by atoms with van der Waals surface area (Å²) >= 11 is 15.6. The largest absolute Gasteiger partial charge is 0.446 e. The number of carbonyl (C=O) groups is 3. The van der Waals surface area contributed by atoms with E-state index in [1.165, 1.54) is 30.1 Å². The lowest BCUT2D eigenvalue weighted by Crippen LogP contribution is -2.42. The molecule has 11 nitrogen and oxygen atoms in total. The van der Waals surface area contributed by atoms with Crippen LogP contribution in [0.2, 0.25) is 10.0 Å².